The second-order valence-electron chi connectivity index (χ2n) is 6.40. The summed E-state index contributed by atoms with van der Waals surface area (Å²) in [6, 6.07) is 4.58. The predicted molar refractivity (Wildman–Crippen MR) is 82.3 cm³/mol. The summed E-state index contributed by atoms with van der Waals surface area (Å²) < 4.78 is 19.3. The molecule has 22 heavy (non-hydrogen) atoms. The zero-order valence-electron chi connectivity index (χ0n) is 13.3. The van der Waals surface area contributed by atoms with Crippen molar-refractivity contribution in [3.8, 4) is 0 Å². The zero-order chi connectivity index (χ0) is 16.3. The minimum atomic E-state index is -0.518. The van der Waals surface area contributed by atoms with Crippen molar-refractivity contribution < 1.29 is 19.0 Å². The monoisotopic (exact) mass is 310 g/mol. The van der Waals surface area contributed by atoms with Crippen molar-refractivity contribution in [1.29, 1.82) is 0 Å². The van der Waals surface area contributed by atoms with Gasteiger partial charge in [-0.1, -0.05) is 6.07 Å². The third kappa shape index (κ3) is 4.10. The van der Waals surface area contributed by atoms with Crippen LogP contribution in [0.25, 0.3) is 0 Å². The Balaban J connectivity index is 1.99. The molecular formula is C16H23FN2O3. The Labute approximate surface area is 130 Å². The van der Waals surface area contributed by atoms with Crippen LogP contribution in [0.4, 0.5) is 14.9 Å². The summed E-state index contributed by atoms with van der Waals surface area (Å²) in [5.74, 6) is -0.317. The van der Waals surface area contributed by atoms with E-state index in [-0.39, 0.29) is 18.5 Å². The number of benzene rings is 1. The topological polar surface area (TPSA) is 53.0 Å². The molecule has 0 atom stereocenters. The van der Waals surface area contributed by atoms with Crippen LogP contribution < -0.4 is 4.90 Å². The van der Waals surface area contributed by atoms with Crippen LogP contribution >= 0.6 is 0 Å². The summed E-state index contributed by atoms with van der Waals surface area (Å²) in [5.41, 5.74) is 0.622. The van der Waals surface area contributed by atoms with Crippen molar-refractivity contribution in [3.63, 3.8) is 0 Å². The van der Waals surface area contributed by atoms with Gasteiger partial charge in [0, 0.05) is 26.2 Å². The lowest BCUT2D eigenvalue weighted by Gasteiger charge is -2.37. The maximum atomic E-state index is 13.9. The summed E-state index contributed by atoms with van der Waals surface area (Å²) >= 11 is 0. The average Bonchev–Trinajstić information content (AvgIpc) is 2.46. The molecule has 0 spiro atoms. The van der Waals surface area contributed by atoms with Crippen LogP contribution in [-0.2, 0) is 11.3 Å². The molecule has 0 aromatic heterocycles. The second kappa shape index (κ2) is 6.52. The molecule has 5 nitrogen and oxygen atoms in total. The van der Waals surface area contributed by atoms with Gasteiger partial charge < -0.3 is 19.6 Å². The van der Waals surface area contributed by atoms with E-state index in [0.717, 1.165) is 0 Å². The van der Waals surface area contributed by atoms with Gasteiger partial charge in [-0.2, -0.15) is 0 Å². The third-order valence-corrected chi connectivity index (χ3v) is 3.47. The number of nitrogens with zero attached hydrogens (tertiary/aromatic N) is 2. The van der Waals surface area contributed by atoms with Crippen molar-refractivity contribution in [3.05, 3.63) is 29.6 Å². The number of ether oxygens (including phenoxy) is 1. The maximum Gasteiger partial charge on any atom is 0.410 e. The quantitative estimate of drug-likeness (QED) is 0.911. The number of hydrogen-bond donors (Lipinski definition) is 1. The standard InChI is InChI=1S/C16H23FN2O3/c1-16(2,3)22-15(21)19-8-6-18(7-9-19)14-10-12(11-20)4-5-13(14)17/h4-5,10,20H,6-9,11H2,1-3H3. The van der Waals surface area contributed by atoms with Crippen LogP contribution in [0.3, 0.4) is 0 Å². The van der Waals surface area contributed by atoms with Crippen LogP contribution in [0, 0.1) is 5.82 Å². The molecule has 1 fully saturated rings. The first-order valence-electron chi connectivity index (χ1n) is 7.42. The Morgan fingerprint density at radius 1 is 1.27 bits per heavy atom. The smallest absolute Gasteiger partial charge is 0.410 e. The number of rotatable bonds is 2. The van der Waals surface area contributed by atoms with Gasteiger partial charge in [-0.25, -0.2) is 9.18 Å². The number of hydrogen-bond acceptors (Lipinski definition) is 4. The molecule has 1 amide bonds. The van der Waals surface area contributed by atoms with Crippen LogP contribution in [0.2, 0.25) is 0 Å². The van der Waals surface area contributed by atoms with Crippen LogP contribution in [0.1, 0.15) is 26.3 Å². The number of anilines is 1. The molecule has 6 heteroatoms. The van der Waals surface area contributed by atoms with Gasteiger partial charge in [-0.15, -0.1) is 0 Å². The molecule has 1 aliphatic heterocycles. The summed E-state index contributed by atoms with van der Waals surface area (Å²) in [6.07, 6.45) is -0.336. The van der Waals surface area contributed by atoms with Crippen LogP contribution in [-0.4, -0.2) is 47.9 Å². The van der Waals surface area contributed by atoms with E-state index in [1.807, 2.05) is 25.7 Å². The van der Waals surface area contributed by atoms with Gasteiger partial charge in [0.1, 0.15) is 11.4 Å². The molecule has 1 heterocycles. The minimum Gasteiger partial charge on any atom is -0.444 e. The number of carbonyl (C=O) groups excluding carboxylic acids is 1. The summed E-state index contributed by atoms with van der Waals surface area (Å²) in [7, 11) is 0. The highest BCUT2D eigenvalue weighted by Gasteiger charge is 2.26. The third-order valence-electron chi connectivity index (χ3n) is 3.47. The molecule has 0 saturated carbocycles. The molecule has 1 aromatic carbocycles. The summed E-state index contributed by atoms with van der Waals surface area (Å²) in [4.78, 5) is 15.5. The Morgan fingerprint density at radius 2 is 1.91 bits per heavy atom. The highest BCUT2D eigenvalue weighted by molar-refractivity contribution is 5.68. The van der Waals surface area contributed by atoms with Crippen molar-refractivity contribution in [2.45, 2.75) is 33.0 Å². The van der Waals surface area contributed by atoms with E-state index in [2.05, 4.69) is 0 Å². The van der Waals surface area contributed by atoms with Crippen molar-refractivity contribution in [2.75, 3.05) is 31.1 Å². The fraction of sp³-hybridized carbons (Fsp3) is 0.562. The normalized spacial score (nSPS) is 15.9. The maximum absolute atomic E-state index is 13.9. The molecule has 0 unspecified atom stereocenters. The Bertz CT molecular complexity index is 535. The van der Waals surface area contributed by atoms with Gasteiger partial charge in [0.25, 0.3) is 0 Å². The van der Waals surface area contributed by atoms with Gasteiger partial charge in [0.05, 0.1) is 12.3 Å². The number of halogens is 1. The number of aliphatic hydroxyl groups excluding tert-OH is 1. The summed E-state index contributed by atoms with van der Waals surface area (Å²) in [6.45, 7) is 7.40. The van der Waals surface area contributed by atoms with Crippen LogP contribution in [0.15, 0.2) is 18.2 Å². The number of piperazine rings is 1. The number of carbonyl (C=O) groups is 1. The van der Waals surface area contributed by atoms with E-state index < -0.39 is 5.60 Å². The van der Waals surface area contributed by atoms with E-state index in [4.69, 9.17) is 9.84 Å². The average molecular weight is 310 g/mol. The van der Waals surface area contributed by atoms with E-state index in [0.29, 0.717) is 37.4 Å². The lowest BCUT2D eigenvalue weighted by atomic mass is 10.1. The molecule has 0 bridgehead atoms. The van der Waals surface area contributed by atoms with E-state index in [1.165, 1.54) is 6.07 Å². The van der Waals surface area contributed by atoms with Crippen molar-refractivity contribution in [2.24, 2.45) is 0 Å². The SMILES string of the molecule is CC(C)(C)OC(=O)N1CCN(c2cc(CO)ccc2F)CC1. The first kappa shape index (κ1) is 16.5. The van der Waals surface area contributed by atoms with Gasteiger partial charge >= 0.3 is 6.09 Å². The highest BCUT2D eigenvalue weighted by Crippen LogP contribution is 2.23. The van der Waals surface area contributed by atoms with Crippen molar-refractivity contribution in [1.82, 2.24) is 4.90 Å². The Hall–Kier alpha value is -1.82. The lowest BCUT2D eigenvalue weighted by Crippen LogP contribution is -2.50. The Kier molecular flexibility index (Phi) is 4.90. The molecular weight excluding hydrogens is 287 g/mol. The van der Waals surface area contributed by atoms with Crippen LogP contribution in [0.5, 0.6) is 0 Å². The molecule has 122 valence electrons. The molecule has 1 saturated heterocycles. The number of aliphatic hydroxyl groups is 1. The summed E-state index contributed by atoms with van der Waals surface area (Å²) in [5, 5.41) is 9.16. The fourth-order valence-corrected chi connectivity index (χ4v) is 2.36. The van der Waals surface area contributed by atoms with E-state index in [9.17, 15) is 9.18 Å². The highest BCUT2D eigenvalue weighted by atomic mass is 19.1. The van der Waals surface area contributed by atoms with Crippen molar-refractivity contribution >= 4 is 11.8 Å². The molecule has 1 N–H and O–H groups in total. The molecule has 1 aromatic rings. The fourth-order valence-electron chi connectivity index (χ4n) is 2.36. The zero-order valence-corrected chi connectivity index (χ0v) is 13.3. The van der Waals surface area contributed by atoms with Gasteiger partial charge in [-0.3, -0.25) is 0 Å². The largest absolute Gasteiger partial charge is 0.444 e. The Morgan fingerprint density at radius 3 is 2.45 bits per heavy atom. The lowest BCUT2D eigenvalue weighted by molar-refractivity contribution is 0.0240. The first-order chi connectivity index (χ1) is 10.3. The molecule has 0 radical (unpaired) electrons. The van der Waals surface area contributed by atoms with E-state index in [1.54, 1.807) is 17.0 Å². The minimum absolute atomic E-state index is 0.120. The molecule has 2 rings (SSSR count). The second-order valence-corrected chi connectivity index (χ2v) is 6.40. The van der Waals surface area contributed by atoms with Gasteiger partial charge in [0.15, 0.2) is 0 Å². The van der Waals surface area contributed by atoms with Gasteiger partial charge in [0.2, 0.25) is 0 Å². The molecule has 0 aliphatic carbocycles. The number of amides is 1. The van der Waals surface area contributed by atoms with E-state index >= 15 is 0 Å². The van der Waals surface area contributed by atoms with Gasteiger partial charge in [-0.05, 0) is 38.5 Å². The predicted octanol–water partition coefficient (Wildman–Crippen LogP) is 2.38. The molecule has 1 aliphatic rings. The first-order valence-corrected chi connectivity index (χ1v) is 7.42.